The molecule has 0 spiro atoms. The van der Waals surface area contributed by atoms with Crippen molar-refractivity contribution in [2.75, 3.05) is 6.54 Å². The fourth-order valence-corrected chi connectivity index (χ4v) is 1.37. The van der Waals surface area contributed by atoms with E-state index in [1.165, 1.54) is 0 Å². The highest BCUT2D eigenvalue weighted by molar-refractivity contribution is 6.12. The monoisotopic (exact) mass is 191 g/mol. The molecule has 14 heavy (non-hydrogen) atoms. The Morgan fingerprint density at radius 3 is 2.79 bits per heavy atom. The average molecular weight is 191 g/mol. The lowest BCUT2D eigenvalue weighted by molar-refractivity contribution is -0.178. The first-order chi connectivity index (χ1) is 6.61. The van der Waals surface area contributed by atoms with Crippen molar-refractivity contribution in [1.82, 2.24) is 0 Å². The standard InChI is InChI=1S/C9H10BNO3/c10-9(12)13-7-2-1-6(3-4-11)5-8(7)14-9/h1-2,5,12H,3-4,11H2. The van der Waals surface area contributed by atoms with Crippen LogP contribution in [0.5, 0.6) is 11.5 Å². The van der Waals surface area contributed by atoms with Gasteiger partial charge in [0.1, 0.15) is 0 Å². The minimum Gasteiger partial charge on any atom is -0.435 e. The number of hydrogen-bond donors (Lipinski definition) is 2. The Labute approximate surface area is 83.0 Å². The Morgan fingerprint density at radius 1 is 1.36 bits per heavy atom. The highest BCUT2D eigenvalue weighted by Crippen LogP contribution is 2.37. The van der Waals surface area contributed by atoms with Crippen LogP contribution in [0.15, 0.2) is 18.2 Å². The van der Waals surface area contributed by atoms with Gasteiger partial charge in [-0.15, -0.1) is 0 Å². The molecule has 1 aliphatic rings. The molecule has 1 aliphatic heterocycles. The van der Waals surface area contributed by atoms with Crippen molar-refractivity contribution >= 4 is 7.85 Å². The normalized spacial score (nSPS) is 23.9. The zero-order chi connectivity index (χ0) is 10.2. The molecule has 0 aromatic heterocycles. The van der Waals surface area contributed by atoms with Crippen molar-refractivity contribution < 1.29 is 14.6 Å². The maximum Gasteiger partial charge on any atom is 0.302 e. The summed E-state index contributed by atoms with van der Waals surface area (Å²) in [4.78, 5) is 0. The van der Waals surface area contributed by atoms with Gasteiger partial charge in [0.2, 0.25) is 7.85 Å². The summed E-state index contributed by atoms with van der Waals surface area (Å²) < 4.78 is 9.86. The zero-order valence-electron chi connectivity index (χ0n) is 7.56. The van der Waals surface area contributed by atoms with Gasteiger partial charge in [0, 0.05) is 0 Å². The maximum atomic E-state index is 9.25. The molecule has 0 saturated heterocycles. The second kappa shape index (κ2) is 3.18. The number of ether oxygens (including phenoxy) is 2. The molecular weight excluding hydrogens is 181 g/mol. The van der Waals surface area contributed by atoms with E-state index in [0.29, 0.717) is 18.0 Å². The number of fused-ring (bicyclic) bond motifs is 1. The SMILES string of the molecule is [B]C1(O)Oc2ccc(CCN)cc2O1. The van der Waals surface area contributed by atoms with Crippen LogP contribution in [-0.2, 0) is 6.42 Å². The molecule has 0 bridgehead atoms. The molecule has 1 heterocycles. The van der Waals surface area contributed by atoms with E-state index in [9.17, 15) is 5.11 Å². The van der Waals surface area contributed by atoms with Gasteiger partial charge in [0.25, 0.3) is 0 Å². The van der Waals surface area contributed by atoms with Crippen LogP contribution < -0.4 is 15.2 Å². The van der Waals surface area contributed by atoms with Gasteiger partial charge in [0.15, 0.2) is 11.5 Å². The number of rotatable bonds is 2. The number of hydrogen-bond acceptors (Lipinski definition) is 4. The van der Waals surface area contributed by atoms with E-state index < -0.39 is 5.87 Å². The number of nitrogens with two attached hydrogens (primary N) is 1. The summed E-state index contributed by atoms with van der Waals surface area (Å²) in [6.07, 6.45) is 0.750. The molecule has 5 heteroatoms. The minimum atomic E-state index is -2.04. The van der Waals surface area contributed by atoms with Gasteiger partial charge < -0.3 is 20.3 Å². The van der Waals surface area contributed by atoms with E-state index in [1.807, 2.05) is 6.07 Å². The van der Waals surface area contributed by atoms with Crippen LogP contribution in [-0.4, -0.2) is 25.4 Å². The third-order valence-electron chi connectivity index (χ3n) is 1.95. The van der Waals surface area contributed by atoms with Crippen LogP contribution in [0, 0.1) is 0 Å². The smallest absolute Gasteiger partial charge is 0.302 e. The Balaban J connectivity index is 2.26. The molecule has 0 amide bonds. The summed E-state index contributed by atoms with van der Waals surface area (Å²) >= 11 is 0. The van der Waals surface area contributed by atoms with E-state index in [0.717, 1.165) is 12.0 Å². The highest BCUT2D eigenvalue weighted by atomic mass is 16.8. The lowest BCUT2D eigenvalue weighted by Gasteiger charge is -2.15. The van der Waals surface area contributed by atoms with Crippen molar-refractivity contribution in [2.24, 2.45) is 5.73 Å². The van der Waals surface area contributed by atoms with Crippen molar-refractivity contribution in [2.45, 2.75) is 12.3 Å². The van der Waals surface area contributed by atoms with E-state index in [4.69, 9.17) is 23.1 Å². The van der Waals surface area contributed by atoms with E-state index in [-0.39, 0.29) is 0 Å². The Morgan fingerprint density at radius 2 is 2.07 bits per heavy atom. The molecule has 0 saturated carbocycles. The van der Waals surface area contributed by atoms with Gasteiger partial charge in [-0.2, -0.15) is 0 Å². The highest BCUT2D eigenvalue weighted by Gasteiger charge is 2.33. The number of benzene rings is 1. The second-order valence-corrected chi connectivity index (χ2v) is 3.15. The van der Waals surface area contributed by atoms with Gasteiger partial charge >= 0.3 is 5.87 Å². The summed E-state index contributed by atoms with van der Waals surface area (Å²) in [6, 6.07) is 5.31. The third kappa shape index (κ3) is 1.69. The van der Waals surface area contributed by atoms with E-state index >= 15 is 0 Å². The van der Waals surface area contributed by atoms with Gasteiger partial charge in [0.05, 0.1) is 0 Å². The van der Waals surface area contributed by atoms with E-state index in [1.54, 1.807) is 12.1 Å². The fourth-order valence-electron chi connectivity index (χ4n) is 1.37. The molecule has 2 radical (unpaired) electrons. The van der Waals surface area contributed by atoms with Gasteiger partial charge in [-0.05, 0) is 30.7 Å². The van der Waals surface area contributed by atoms with Crippen LogP contribution in [0.1, 0.15) is 5.56 Å². The van der Waals surface area contributed by atoms with E-state index in [2.05, 4.69) is 0 Å². The summed E-state index contributed by atoms with van der Waals surface area (Å²) in [5.41, 5.74) is 6.43. The average Bonchev–Trinajstić information content (AvgIpc) is 2.38. The lowest BCUT2D eigenvalue weighted by Crippen LogP contribution is -2.38. The largest absolute Gasteiger partial charge is 0.435 e. The molecule has 0 fully saturated rings. The van der Waals surface area contributed by atoms with Crippen LogP contribution in [0.25, 0.3) is 0 Å². The molecule has 1 aromatic rings. The summed E-state index contributed by atoms with van der Waals surface area (Å²) in [7, 11) is 5.24. The van der Waals surface area contributed by atoms with Crippen LogP contribution in [0.4, 0.5) is 0 Å². The van der Waals surface area contributed by atoms with Gasteiger partial charge in [-0.1, -0.05) is 6.07 Å². The molecule has 4 nitrogen and oxygen atoms in total. The van der Waals surface area contributed by atoms with Crippen molar-refractivity contribution in [1.29, 1.82) is 0 Å². The molecular formula is C9H10BNO3. The van der Waals surface area contributed by atoms with Gasteiger partial charge in [-0.3, -0.25) is 0 Å². The molecule has 1 unspecified atom stereocenters. The first-order valence-corrected chi connectivity index (χ1v) is 4.33. The zero-order valence-corrected chi connectivity index (χ0v) is 7.56. The Kier molecular flexibility index (Phi) is 2.13. The molecule has 1 aromatic carbocycles. The first kappa shape index (κ1) is 9.36. The fraction of sp³-hybridized carbons (Fsp3) is 0.333. The van der Waals surface area contributed by atoms with Crippen LogP contribution >= 0.6 is 0 Å². The molecule has 2 rings (SSSR count). The van der Waals surface area contributed by atoms with Crippen LogP contribution in [0.2, 0.25) is 0 Å². The molecule has 72 valence electrons. The Hall–Kier alpha value is -1.20. The van der Waals surface area contributed by atoms with Crippen molar-refractivity contribution in [3.8, 4) is 11.5 Å². The molecule has 0 aliphatic carbocycles. The molecule has 3 N–H and O–H groups in total. The quantitative estimate of drug-likeness (QED) is 0.631. The minimum absolute atomic E-state index is 0.441. The Bertz CT molecular complexity index is 354. The first-order valence-electron chi connectivity index (χ1n) is 4.33. The summed E-state index contributed by atoms with van der Waals surface area (Å²) in [5, 5.41) is 9.25. The third-order valence-corrected chi connectivity index (χ3v) is 1.95. The predicted octanol–water partition coefficient (Wildman–Crippen LogP) is -0.269. The lowest BCUT2D eigenvalue weighted by atomic mass is 10.1. The van der Waals surface area contributed by atoms with Gasteiger partial charge in [-0.25, -0.2) is 0 Å². The van der Waals surface area contributed by atoms with Crippen LogP contribution in [0.3, 0.4) is 0 Å². The second-order valence-electron chi connectivity index (χ2n) is 3.15. The summed E-state index contributed by atoms with van der Waals surface area (Å²) in [6.45, 7) is 0.562. The number of aliphatic hydroxyl groups is 1. The molecule has 1 atom stereocenters. The topological polar surface area (TPSA) is 64.7 Å². The summed E-state index contributed by atoms with van der Waals surface area (Å²) in [5.74, 6) is -1.15. The maximum absolute atomic E-state index is 9.25. The predicted molar refractivity (Wildman–Crippen MR) is 51.2 cm³/mol. The van der Waals surface area contributed by atoms with Crippen molar-refractivity contribution in [3.63, 3.8) is 0 Å². The van der Waals surface area contributed by atoms with Crippen molar-refractivity contribution in [3.05, 3.63) is 23.8 Å².